The molecule has 19 heavy (non-hydrogen) atoms. The van der Waals surface area contributed by atoms with Gasteiger partial charge in [-0.15, -0.1) is 0 Å². The van der Waals surface area contributed by atoms with Gasteiger partial charge < -0.3 is 9.73 Å². The van der Waals surface area contributed by atoms with E-state index in [1.807, 2.05) is 12.1 Å². The fraction of sp³-hybridized carbons (Fsp3) is 0.750. The Morgan fingerprint density at radius 3 is 2.79 bits per heavy atom. The van der Waals surface area contributed by atoms with E-state index in [1.165, 1.54) is 32.4 Å². The largest absolute Gasteiger partial charge is 0.468 e. The molecule has 0 spiro atoms. The zero-order valence-electron chi connectivity index (χ0n) is 12.6. The highest BCUT2D eigenvalue weighted by Gasteiger charge is 2.36. The molecule has 1 aromatic heterocycles. The first-order chi connectivity index (χ1) is 9.19. The van der Waals surface area contributed by atoms with Crippen LogP contribution in [0.4, 0.5) is 0 Å². The molecule has 1 unspecified atom stereocenters. The second-order valence-corrected chi connectivity index (χ2v) is 5.99. The van der Waals surface area contributed by atoms with E-state index < -0.39 is 0 Å². The Morgan fingerprint density at radius 2 is 2.21 bits per heavy atom. The maximum Gasteiger partial charge on any atom is 0.117 e. The minimum absolute atomic E-state index is 0.579. The van der Waals surface area contributed by atoms with Crippen molar-refractivity contribution in [1.82, 2.24) is 10.2 Å². The molecular weight excluding hydrogens is 236 g/mol. The zero-order chi connectivity index (χ0) is 13.7. The summed E-state index contributed by atoms with van der Waals surface area (Å²) >= 11 is 0. The van der Waals surface area contributed by atoms with Gasteiger partial charge in [0.2, 0.25) is 0 Å². The Morgan fingerprint density at radius 1 is 1.42 bits per heavy atom. The quantitative estimate of drug-likeness (QED) is 0.819. The summed E-state index contributed by atoms with van der Waals surface area (Å²) in [5.74, 6) is 1.02. The second kappa shape index (κ2) is 6.58. The van der Waals surface area contributed by atoms with E-state index in [0.717, 1.165) is 18.8 Å². The minimum Gasteiger partial charge on any atom is -0.468 e. The molecule has 0 aliphatic carbocycles. The molecule has 2 heterocycles. The van der Waals surface area contributed by atoms with Gasteiger partial charge in [-0.05, 0) is 50.3 Å². The summed E-state index contributed by atoms with van der Waals surface area (Å²) in [5, 5.41) is 3.49. The molecule has 1 N–H and O–H groups in total. The van der Waals surface area contributed by atoms with E-state index in [0.29, 0.717) is 11.5 Å². The van der Waals surface area contributed by atoms with Gasteiger partial charge in [-0.25, -0.2) is 0 Å². The van der Waals surface area contributed by atoms with Gasteiger partial charge in [0.1, 0.15) is 5.76 Å². The van der Waals surface area contributed by atoms with Gasteiger partial charge in [-0.3, -0.25) is 4.90 Å². The Bertz CT molecular complexity index is 357. The van der Waals surface area contributed by atoms with Crippen LogP contribution in [0.2, 0.25) is 0 Å². The van der Waals surface area contributed by atoms with Gasteiger partial charge in [-0.2, -0.15) is 0 Å². The lowest BCUT2D eigenvalue weighted by atomic mass is 9.82. The molecule has 1 aliphatic heterocycles. The maximum absolute atomic E-state index is 5.33. The molecule has 108 valence electrons. The first-order valence-corrected chi connectivity index (χ1v) is 7.66. The Labute approximate surface area is 117 Å². The van der Waals surface area contributed by atoms with Crippen molar-refractivity contribution < 1.29 is 4.42 Å². The SMILES string of the molecule is CCC1(CC)CCN(C(C)CNCc2ccco2)C1. The van der Waals surface area contributed by atoms with Gasteiger partial charge in [0.15, 0.2) is 0 Å². The van der Waals surface area contributed by atoms with Gasteiger partial charge >= 0.3 is 0 Å². The van der Waals surface area contributed by atoms with Crippen LogP contribution in [-0.2, 0) is 6.54 Å². The van der Waals surface area contributed by atoms with Crippen molar-refractivity contribution in [3.8, 4) is 0 Å². The molecule has 0 radical (unpaired) electrons. The van der Waals surface area contributed by atoms with Crippen LogP contribution < -0.4 is 5.32 Å². The second-order valence-electron chi connectivity index (χ2n) is 5.99. The third-order valence-corrected chi connectivity index (χ3v) is 4.91. The van der Waals surface area contributed by atoms with Gasteiger partial charge in [0, 0.05) is 19.1 Å². The van der Waals surface area contributed by atoms with Crippen molar-refractivity contribution >= 4 is 0 Å². The zero-order valence-corrected chi connectivity index (χ0v) is 12.6. The van der Waals surface area contributed by atoms with Crippen LogP contribution in [-0.4, -0.2) is 30.6 Å². The highest BCUT2D eigenvalue weighted by atomic mass is 16.3. The van der Waals surface area contributed by atoms with Gasteiger partial charge in [0.25, 0.3) is 0 Å². The number of rotatable bonds is 7. The lowest BCUT2D eigenvalue weighted by Crippen LogP contribution is -2.40. The van der Waals surface area contributed by atoms with E-state index in [-0.39, 0.29) is 0 Å². The monoisotopic (exact) mass is 264 g/mol. The van der Waals surface area contributed by atoms with Gasteiger partial charge in [0.05, 0.1) is 12.8 Å². The third kappa shape index (κ3) is 3.61. The molecule has 1 fully saturated rings. The fourth-order valence-corrected chi connectivity index (χ4v) is 3.12. The van der Waals surface area contributed by atoms with E-state index in [1.54, 1.807) is 6.26 Å². The predicted octanol–water partition coefficient (Wildman–Crippen LogP) is 3.27. The van der Waals surface area contributed by atoms with Crippen LogP contribution in [0.5, 0.6) is 0 Å². The smallest absolute Gasteiger partial charge is 0.117 e. The summed E-state index contributed by atoms with van der Waals surface area (Å²) in [4.78, 5) is 2.64. The number of furan rings is 1. The summed E-state index contributed by atoms with van der Waals surface area (Å²) in [5.41, 5.74) is 0.579. The van der Waals surface area contributed by atoms with Crippen molar-refractivity contribution in [2.45, 2.75) is 52.6 Å². The summed E-state index contributed by atoms with van der Waals surface area (Å²) in [7, 11) is 0. The number of nitrogens with one attached hydrogen (secondary N) is 1. The summed E-state index contributed by atoms with van der Waals surface area (Å²) in [6.45, 7) is 11.4. The molecule has 1 aromatic rings. The first-order valence-electron chi connectivity index (χ1n) is 7.66. The van der Waals surface area contributed by atoms with Crippen LogP contribution in [0.3, 0.4) is 0 Å². The van der Waals surface area contributed by atoms with Crippen LogP contribution >= 0.6 is 0 Å². The lowest BCUT2D eigenvalue weighted by molar-refractivity contribution is 0.199. The van der Waals surface area contributed by atoms with E-state index in [2.05, 4.69) is 31.0 Å². The molecule has 0 bridgehead atoms. The topological polar surface area (TPSA) is 28.4 Å². The summed E-state index contributed by atoms with van der Waals surface area (Å²) in [6, 6.07) is 4.57. The molecule has 1 atom stereocenters. The molecular formula is C16H28N2O. The normalized spacial score (nSPS) is 20.8. The third-order valence-electron chi connectivity index (χ3n) is 4.91. The fourth-order valence-electron chi connectivity index (χ4n) is 3.12. The highest BCUT2D eigenvalue weighted by molar-refractivity contribution is 4.97. The summed E-state index contributed by atoms with van der Waals surface area (Å²) < 4.78 is 5.33. The number of likely N-dealkylation sites (tertiary alicyclic amines) is 1. The minimum atomic E-state index is 0.579. The van der Waals surface area contributed by atoms with Crippen molar-refractivity contribution in [1.29, 1.82) is 0 Å². The molecule has 2 rings (SSSR count). The average molecular weight is 264 g/mol. The van der Waals surface area contributed by atoms with Crippen LogP contribution in [0.1, 0.15) is 45.8 Å². The molecule has 0 aromatic carbocycles. The molecule has 1 aliphatic rings. The molecule has 1 saturated heterocycles. The van der Waals surface area contributed by atoms with E-state index in [4.69, 9.17) is 4.42 Å². The molecule has 0 saturated carbocycles. The first kappa shape index (κ1) is 14.6. The average Bonchev–Trinajstić information content (AvgIpc) is 3.08. The van der Waals surface area contributed by atoms with E-state index in [9.17, 15) is 0 Å². The van der Waals surface area contributed by atoms with Crippen LogP contribution in [0.25, 0.3) is 0 Å². The van der Waals surface area contributed by atoms with Crippen molar-refractivity contribution in [3.05, 3.63) is 24.2 Å². The molecule has 3 nitrogen and oxygen atoms in total. The lowest BCUT2D eigenvalue weighted by Gasteiger charge is -2.29. The molecule has 0 amide bonds. The van der Waals surface area contributed by atoms with Crippen molar-refractivity contribution in [2.75, 3.05) is 19.6 Å². The number of nitrogens with zero attached hydrogens (tertiary/aromatic N) is 1. The number of hydrogen-bond donors (Lipinski definition) is 1. The van der Waals surface area contributed by atoms with E-state index >= 15 is 0 Å². The predicted molar refractivity (Wildman–Crippen MR) is 79.1 cm³/mol. The standard InChI is InChI=1S/C16H28N2O/c1-4-16(5-2)8-9-18(13-16)14(3)11-17-12-15-7-6-10-19-15/h6-7,10,14,17H,4-5,8-9,11-13H2,1-3H3. The summed E-state index contributed by atoms with van der Waals surface area (Å²) in [6.07, 6.45) is 5.72. The molecule has 3 heteroatoms. The Balaban J connectivity index is 1.73. The van der Waals surface area contributed by atoms with Crippen molar-refractivity contribution in [2.24, 2.45) is 5.41 Å². The van der Waals surface area contributed by atoms with Crippen molar-refractivity contribution in [3.63, 3.8) is 0 Å². The highest BCUT2D eigenvalue weighted by Crippen LogP contribution is 2.37. The number of hydrogen-bond acceptors (Lipinski definition) is 3. The Hall–Kier alpha value is -0.800. The Kier molecular flexibility index (Phi) is 5.06. The van der Waals surface area contributed by atoms with Crippen LogP contribution in [0.15, 0.2) is 22.8 Å². The maximum atomic E-state index is 5.33. The van der Waals surface area contributed by atoms with Gasteiger partial charge in [-0.1, -0.05) is 13.8 Å². The van der Waals surface area contributed by atoms with Crippen LogP contribution in [0, 0.1) is 5.41 Å².